The van der Waals surface area contributed by atoms with E-state index in [-0.39, 0.29) is 18.9 Å². The Kier molecular flexibility index (Phi) is 6.47. The first kappa shape index (κ1) is 22.2. The van der Waals surface area contributed by atoms with Crippen molar-refractivity contribution in [3.8, 4) is 0 Å². The lowest BCUT2D eigenvalue weighted by molar-refractivity contribution is 0.0381. The van der Waals surface area contributed by atoms with E-state index in [0.29, 0.717) is 43.0 Å². The van der Waals surface area contributed by atoms with Crippen LogP contribution in [0, 0.1) is 5.82 Å². The minimum atomic E-state index is -3.35. The third-order valence-electron chi connectivity index (χ3n) is 5.68. The minimum Gasteiger partial charge on any atom is -0.336 e. The van der Waals surface area contributed by atoms with Gasteiger partial charge in [0.1, 0.15) is 5.82 Å². The number of nitrogens with zero attached hydrogens (tertiary/aromatic N) is 2. The number of benzene rings is 2. The lowest BCUT2D eigenvalue weighted by Gasteiger charge is -2.44. The summed E-state index contributed by atoms with van der Waals surface area (Å²) in [5, 5.41) is 0. The van der Waals surface area contributed by atoms with Gasteiger partial charge in [-0.2, -0.15) is 0 Å². The molecule has 1 saturated heterocycles. The highest BCUT2D eigenvalue weighted by Gasteiger charge is 2.34. The Morgan fingerprint density at radius 2 is 1.67 bits per heavy atom. The summed E-state index contributed by atoms with van der Waals surface area (Å²) in [7, 11) is -3.35. The molecule has 1 N–H and O–H groups in total. The van der Waals surface area contributed by atoms with Gasteiger partial charge in [0.15, 0.2) is 0 Å². The molecule has 0 spiro atoms. The van der Waals surface area contributed by atoms with Crippen LogP contribution >= 0.6 is 0 Å². The molecule has 0 atom stereocenters. The maximum absolute atomic E-state index is 14.3. The Morgan fingerprint density at radius 3 is 2.23 bits per heavy atom. The van der Waals surface area contributed by atoms with Gasteiger partial charge in [-0.15, -0.1) is 0 Å². The number of halogens is 1. The zero-order valence-corrected chi connectivity index (χ0v) is 18.4. The Morgan fingerprint density at radius 1 is 1.07 bits per heavy atom. The molecule has 30 heavy (non-hydrogen) atoms. The molecule has 1 aliphatic heterocycles. The highest BCUT2D eigenvalue weighted by Crippen LogP contribution is 2.30. The van der Waals surface area contributed by atoms with Gasteiger partial charge in [0, 0.05) is 50.0 Å². The molecule has 0 aliphatic carbocycles. The quantitative estimate of drug-likeness (QED) is 0.754. The number of amides is 1. The minimum absolute atomic E-state index is 0. The molecular weight excluding hydrogens is 405 g/mol. The van der Waals surface area contributed by atoms with Crippen LogP contribution in [0.25, 0.3) is 0 Å². The lowest BCUT2D eigenvalue weighted by Crippen LogP contribution is -2.54. The highest BCUT2D eigenvalue weighted by atomic mass is 32.2. The van der Waals surface area contributed by atoms with Crippen LogP contribution in [0.3, 0.4) is 0 Å². The van der Waals surface area contributed by atoms with Crippen molar-refractivity contribution >= 4 is 21.6 Å². The topological polar surface area (TPSA) is 69.7 Å². The summed E-state index contributed by atoms with van der Waals surface area (Å²) >= 11 is 0. The van der Waals surface area contributed by atoms with Crippen LogP contribution in [0.1, 0.15) is 38.1 Å². The van der Waals surface area contributed by atoms with E-state index >= 15 is 0 Å². The molecule has 0 unspecified atom stereocenters. The predicted octanol–water partition coefficient (Wildman–Crippen LogP) is 3.53. The maximum atomic E-state index is 14.3. The second-order valence-corrected chi connectivity index (χ2v) is 9.91. The van der Waals surface area contributed by atoms with E-state index in [1.807, 2.05) is 19.9 Å². The number of carbonyl (C=O) groups excluding carboxylic acids is 1. The summed E-state index contributed by atoms with van der Waals surface area (Å²) in [5.74, 6) is -0.329. The fraction of sp³-hybridized carbons (Fsp3) is 0.409. The van der Waals surface area contributed by atoms with E-state index in [1.165, 1.54) is 6.07 Å². The van der Waals surface area contributed by atoms with E-state index in [9.17, 15) is 17.6 Å². The number of rotatable bonds is 6. The fourth-order valence-electron chi connectivity index (χ4n) is 3.71. The van der Waals surface area contributed by atoms with Gasteiger partial charge in [0.05, 0.1) is 5.75 Å². The van der Waals surface area contributed by atoms with Crippen molar-refractivity contribution < 1.29 is 19.0 Å². The van der Waals surface area contributed by atoms with Crippen molar-refractivity contribution in [1.82, 2.24) is 9.80 Å². The first-order valence-corrected chi connectivity index (χ1v) is 11.7. The van der Waals surface area contributed by atoms with Gasteiger partial charge in [-0.1, -0.05) is 18.2 Å². The summed E-state index contributed by atoms with van der Waals surface area (Å²) in [6, 6.07) is 13.3. The molecule has 3 rings (SSSR count). The molecule has 6 nitrogen and oxygen atoms in total. The Hall–Kier alpha value is -2.45. The van der Waals surface area contributed by atoms with Crippen molar-refractivity contribution in [2.75, 3.05) is 36.7 Å². The van der Waals surface area contributed by atoms with E-state index in [2.05, 4.69) is 9.62 Å². The summed E-state index contributed by atoms with van der Waals surface area (Å²) < 4.78 is 40.1. The van der Waals surface area contributed by atoms with Crippen LogP contribution in [0.5, 0.6) is 0 Å². The molecule has 0 aromatic heterocycles. The second-order valence-electron chi connectivity index (χ2n) is 7.90. The Labute approximate surface area is 179 Å². The van der Waals surface area contributed by atoms with Crippen LogP contribution in [-0.4, -0.2) is 56.1 Å². The van der Waals surface area contributed by atoms with E-state index in [1.54, 1.807) is 48.2 Å². The van der Waals surface area contributed by atoms with Gasteiger partial charge in [-0.05, 0) is 51.1 Å². The van der Waals surface area contributed by atoms with E-state index in [4.69, 9.17) is 0 Å². The number of nitrogens with one attached hydrogen (secondary N) is 1. The predicted molar refractivity (Wildman–Crippen MR) is 119 cm³/mol. The Balaban J connectivity index is 0.00000341. The third kappa shape index (κ3) is 4.82. The maximum Gasteiger partial charge on any atom is 0.253 e. The van der Waals surface area contributed by atoms with Crippen molar-refractivity contribution in [3.05, 3.63) is 65.5 Å². The van der Waals surface area contributed by atoms with Gasteiger partial charge >= 0.3 is 0 Å². The highest BCUT2D eigenvalue weighted by molar-refractivity contribution is 7.92. The number of sulfonamides is 1. The first-order valence-electron chi connectivity index (χ1n) is 10.0. The molecule has 1 aliphatic rings. The fourth-order valence-corrected chi connectivity index (χ4v) is 4.35. The number of hydrogen-bond acceptors (Lipinski definition) is 4. The molecule has 0 saturated carbocycles. The summed E-state index contributed by atoms with van der Waals surface area (Å²) in [4.78, 5) is 16.8. The molecule has 2 aromatic carbocycles. The first-order chi connectivity index (χ1) is 14.1. The molecule has 1 amide bonds. The largest absolute Gasteiger partial charge is 0.336 e. The third-order valence-corrected chi connectivity index (χ3v) is 6.98. The second kappa shape index (κ2) is 8.73. The molecule has 1 fully saturated rings. The van der Waals surface area contributed by atoms with Crippen molar-refractivity contribution in [2.24, 2.45) is 0 Å². The van der Waals surface area contributed by atoms with E-state index < -0.39 is 15.6 Å². The lowest BCUT2D eigenvalue weighted by atomic mass is 9.91. The number of piperazine rings is 1. The van der Waals surface area contributed by atoms with Crippen molar-refractivity contribution in [1.29, 1.82) is 0 Å². The van der Waals surface area contributed by atoms with Gasteiger partial charge in [-0.25, -0.2) is 12.8 Å². The monoisotopic (exact) mass is 435 g/mol. The van der Waals surface area contributed by atoms with Crippen LogP contribution in [0.2, 0.25) is 0 Å². The van der Waals surface area contributed by atoms with Crippen molar-refractivity contribution in [2.45, 2.75) is 26.3 Å². The normalized spacial score (nSPS) is 15.8. The molecule has 1 heterocycles. The zero-order chi connectivity index (χ0) is 21.9. The summed E-state index contributed by atoms with van der Waals surface area (Å²) in [6.07, 6.45) is 0. The van der Waals surface area contributed by atoms with Gasteiger partial charge < -0.3 is 4.90 Å². The zero-order valence-electron chi connectivity index (χ0n) is 17.6. The SMILES string of the molecule is CCS(=O)(=O)Nc1ccc(C(=O)N2CCN(C(C)(C)c3ccccc3F)CC2)cc1.[HH]. The molecule has 2 aromatic rings. The van der Waals surface area contributed by atoms with E-state index in [0.717, 1.165) is 0 Å². The average Bonchev–Trinajstić information content (AvgIpc) is 2.74. The molecule has 0 bridgehead atoms. The molecule has 164 valence electrons. The van der Waals surface area contributed by atoms with Gasteiger partial charge in [0.25, 0.3) is 5.91 Å². The van der Waals surface area contributed by atoms with Crippen LogP contribution in [0.15, 0.2) is 48.5 Å². The van der Waals surface area contributed by atoms with Gasteiger partial charge in [-0.3, -0.25) is 14.4 Å². The number of hydrogen-bond donors (Lipinski definition) is 1. The smallest absolute Gasteiger partial charge is 0.253 e. The Bertz CT molecular complexity index is 1000. The van der Waals surface area contributed by atoms with Crippen LogP contribution < -0.4 is 4.72 Å². The van der Waals surface area contributed by atoms with Crippen LogP contribution in [0.4, 0.5) is 10.1 Å². The van der Waals surface area contributed by atoms with Crippen molar-refractivity contribution in [3.63, 3.8) is 0 Å². The molecule has 0 radical (unpaired) electrons. The summed E-state index contributed by atoms with van der Waals surface area (Å²) in [5.41, 5.74) is 1.12. The molecular formula is C22H30FN3O3S. The molecule has 8 heteroatoms. The summed E-state index contributed by atoms with van der Waals surface area (Å²) in [6.45, 7) is 7.93. The average molecular weight is 436 g/mol. The standard InChI is InChI=1S/C22H28FN3O3S.H2/c1-4-30(28,29)24-18-11-9-17(10-12-18)21(27)25-13-15-26(16-14-25)22(2,3)19-7-5-6-8-20(19)23;/h5-12,24H,4,13-16H2,1-3H3;1H. The number of carbonyl (C=O) groups is 1. The number of anilines is 1. The van der Waals surface area contributed by atoms with Crippen LogP contribution in [-0.2, 0) is 15.6 Å². The van der Waals surface area contributed by atoms with Gasteiger partial charge in [0.2, 0.25) is 10.0 Å².